The molecule has 1 saturated carbocycles. The summed E-state index contributed by atoms with van der Waals surface area (Å²) in [5.41, 5.74) is -0.190. The molecule has 0 aliphatic heterocycles. The number of pyridine rings is 1. The summed E-state index contributed by atoms with van der Waals surface area (Å²) in [5, 5.41) is 11.0. The number of fused-ring (bicyclic) bond motifs is 4. The maximum atomic E-state index is 15.3. The van der Waals surface area contributed by atoms with Crippen molar-refractivity contribution in [3.05, 3.63) is 105 Å². The number of allylic oxidation sites excluding steroid dienone is 1. The molecule has 2 aromatic carbocycles. The highest BCUT2D eigenvalue weighted by atomic mass is 35.5. The van der Waals surface area contributed by atoms with Gasteiger partial charge < -0.3 is 5.32 Å². The summed E-state index contributed by atoms with van der Waals surface area (Å²) in [6.45, 7) is 2.43. The average Bonchev–Trinajstić information content (AvgIpc) is 3.28. The van der Waals surface area contributed by atoms with Crippen molar-refractivity contribution in [1.82, 2.24) is 29.9 Å². The number of aromatic nitrogens is 5. The Hall–Kier alpha value is -4.61. The van der Waals surface area contributed by atoms with Gasteiger partial charge in [0, 0.05) is 48.2 Å². The second kappa shape index (κ2) is 13.1. The van der Waals surface area contributed by atoms with Gasteiger partial charge in [0.2, 0.25) is 15.9 Å². The summed E-state index contributed by atoms with van der Waals surface area (Å²) in [7, 11) is -2.22. The van der Waals surface area contributed by atoms with E-state index < -0.39 is 75.6 Å². The number of hydrogen-bond acceptors (Lipinski definition) is 6. The van der Waals surface area contributed by atoms with E-state index in [9.17, 15) is 30.8 Å². The van der Waals surface area contributed by atoms with Gasteiger partial charge in [-0.3, -0.25) is 18.9 Å². The third kappa shape index (κ3) is 6.63. The molecule has 0 unspecified atom stereocenters. The first kappa shape index (κ1) is 36.7. The average molecular weight is 799 g/mol. The van der Waals surface area contributed by atoms with E-state index in [2.05, 4.69) is 31.8 Å². The minimum Gasteiger partial charge on any atom is -0.354 e. The van der Waals surface area contributed by atoms with Crippen LogP contribution in [0.3, 0.4) is 0 Å². The number of sulfonamides is 1. The van der Waals surface area contributed by atoms with Gasteiger partial charge in [0.15, 0.2) is 5.82 Å². The molecule has 19 heteroatoms. The van der Waals surface area contributed by atoms with Gasteiger partial charge in [0.25, 0.3) is 12.3 Å². The van der Waals surface area contributed by atoms with Crippen molar-refractivity contribution >= 4 is 55.9 Å². The van der Waals surface area contributed by atoms with Crippen LogP contribution in [0.4, 0.5) is 32.2 Å². The predicted molar refractivity (Wildman–Crippen MR) is 185 cm³/mol. The number of rotatable bonds is 11. The largest absolute Gasteiger partial charge is 0.354 e. The van der Waals surface area contributed by atoms with Crippen molar-refractivity contribution in [2.45, 2.75) is 37.1 Å². The van der Waals surface area contributed by atoms with Crippen molar-refractivity contribution in [3.8, 4) is 11.1 Å². The minimum absolute atomic E-state index is 0.00848. The van der Waals surface area contributed by atoms with E-state index >= 15 is 8.78 Å². The number of anilines is 1. The molecule has 10 nitrogen and oxygen atoms in total. The summed E-state index contributed by atoms with van der Waals surface area (Å²) < 4.78 is 116. The summed E-state index contributed by atoms with van der Waals surface area (Å²) in [6, 6.07) is 9.08. The maximum Gasteiger partial charge on any atom is 0.297 e. The number of benzene rings is 2. The number of halogens is 8. The van der Waals surface area contributed by atoms with E-state index in [4.69, 9.17) is 23.2 Å². The molecule has 2 aliphatic carbocycles. The number of nitrogens with one attached hydrogen (secondary N) is 2. The zero-order chi connectivity index (χ0) is 38.3. The van der Waals surface area contributed by atoms with Crippen LogP contribution >= 0.6 is 23.2 Å². The molecule has 0 saturated heterocycles. The second-order valence-corrected chi connectivity index (χ2v) is 15.5. The fourth-order valence-electron chi connectivity index (χ4n) is 7.22. The minimum atomic E-state index is -3.78. The lowest BCUT2D eigenvalue weighted by Crippen LogP contribution is -2.34. The Labute approximate surface area is 307 Å². The number of carbonyl (C=O) groups is 1. The molecule has 3 aromatic heterocycles. The topological polar surface area (TPSA) is 124 Å². The lowest BCUT2D eigenvalue weighted by Gasteiger charge is -2.22. The molecular formula is C34H27Cl2F6N7O3S. The highest BCUT2D eigenvalue weighted by molar-refractivity contribution is 7.92. The zero-order valence-corrected chi connectivity index (χ0v) is 29.9. The predicted octanol–water partition coefficient (Wildman–Crippen LogP) is 7.24. The fraction of sp³-hybridized carbons (Fsp3) is 0.294. The van der Waals surface area contributed by atoms with E-state index in [0.717, 1.165) is 18.4 Å². The van der Waals surface area contributed by atoms with Crippen LogP contribution in [0.15, 0.2) is 54.6 Å². The Morgan fingerprint density at radius 2 is 1.72 bits per heavy atom. The van der Waals surface area contributed by atoms with Crippen LogP contribution in [-0.2, 0) is 40.8 Å². The van der Waals surface area contributed by atoms with E-state index in [-0.39, 0.29) is 56.7 Å². The van der Waals surface area contributed by atoms with Gasteiger partial charge in [-0.05, 0) is 42.3 Å². The number of nitrogens with zero attached hydrogens (tertiary/aromatic N) is 5. The third-order valence-corrected chi connectivity index (χ3v) is 10.4. The Morgan fingerprint density at radius 3 is 2.38 bits per heavy atom. The first-order chi connectivity index (χ1) is 24.9. The molecule has 2 aliphatic rings. The molecular weight excluding hydrogens is 771 g/mol. The van der Waals surface area contributed by atoms with Crippen LogP contribution in [0.1, 0.15) is 46.5 Å². The smallest absolute Gasteiger partial charge is 0.297 e. The number of amides is 1. The van der Waals surface area contributed by atoms with Crippen LogP contribution < -0.4 is 10.0 Å². The third-order valence-electron chi connectivity index (χ3n) is 9.30. The van der Waals surface area contributed by atoms with Gasteiger partial charge >= 0.3 is 0 Å². The second-order valence-electron chi connectivity index (χ2n) is 13.0. The first-order valence-electron chi connectivity index (χ1n) is 15.8. The van der Waals surface area contributed by atoms with Crippen LogP contribution in [0, 0.1) is 17.6 Å². The summed E-state index contributed by atoms with van der Waals surface area (Å²) in [6.07, 6.45) is -2.35. The molecule has 7 rings (SSSR count). The SMILES string of the molecule is C=C1[C@@H]2c3c(C(F)F)nn(CC(=O)NC[C@@H](Cc4cc(F)cc(F)c4)c4nc(Cl)ccc4-c4ccc(Cl)c5c(NS(C)(=O)=O)nn(C)c45)c3C(F)(F)[C@H]12. The molecule has 1 amide bonds. The molecule has 278 valence electrons. The quantitative estimate of drug-likeness (QED) is 0.0826. The van der Waals surface area contributed by atoms with Crippen molar-refractivity contribution in [2.75, 3.05) is 17.5 Å². The Balaban J connectivity index is 1.27. The standard InChI is InChI=1S/C34H27Cl2F6N7O3S/c1-14-24-26-29(32(39)40)45-49(31(26)34(41,42)27(14)24)13-23(50)43-12-16(8-15-9-17(37)11-18(38)10-15)28-19(5-7-22(36)44-28)20-4-6-21(35)25-30(20)48(2)46-33(25)47-53(3,51)52/h4-7,9-11,16,24,27,32H,1,8,12-13H2,2-3H3,(H,43,50)(H,46,47)/t16-,24-,27-/m1/s1. The Kier molecular flexibility index (Phi) is 9.05. The zero-order valence-electron chi connectivity index (χ0n) is 27.6. The van der Waals surface area contributed by atoms with Gasteiger partial charge in [-0.15, -0.1) is 0 Å². The fourth-order valence-corrected chi connectivity index (χ4v) is 8.11. The van der Waals surface area contributed by atoms with Crippen molar-refractivity contribution < 1.29 is 39.6 Å². The van der Waals surface area contributed by atoms with Crippen molar-refractivity contribution in [3.63, 3.8) is 0 Å². The van der Waals surface area contributed by atoms with Crippen LogP contribution in [0.2, 0.25) is 10.2 Å². The van der Waals surface area contributed by atoms with Crippen molar-refractivity contribution in [2.24, 2.45) is 13.0 Å². The van der Waals surface area contributed by atoms with Crippen LogP contribution in [0.5, 0.6) is 0 Å². The molecule has 0 spiro atoms. The van der Waals surface area contributed by atoms with Crippen LogP contribution in [-0.4, -0.2) is 51.7 Å². The van der Waals surface area contributed by atoms with Gasteiger partial charge in [0.05, 0.1) is 33.8 Å². The molecule has 53 heavy (non-hydrogen) atoms. The summed E-state index contributed by atoms with van der Waals surface area (Å²) >= 11 is 12.9. The molecule has 0 radical (unpaired) electrons. The number of hydrogen-bond donors (Lipinski definition) is 2. The van der Waals surface area contributed by atoms with E-state index in [1.54, 1.807) is 19.2 Å². The molecule has 5 aromatic rings. The normalized spacial score (nSPS) is 18.0. The highest BCUT2D eigenvalue weighted by Gasteiger charge is 2.70. The molecule has 3 atom stereocenters. The van der Waals surface area contributed by atoms with Gasteiger partial charge in [-0.2, -0.15) is 19.0 Å². The first-order valence-corrected chi connectivity index (χ1v) is 18.5. The lowest BCUT2D eigenvalue weighted by molar-refractivity contribution is -0.122. The maximum absolute atomic E-state index is 15.3. The summed E-state index contributed by atoms with van der Waals surface area (Å²) in [5.74, 6) is -9.44. The number of alkyl halides is 4. The van der Waals surface area contributed by atoms with Gasteiger partial charge in [0.1, 0.15) is 34.7 Å². The van der Waals surface area contributed by atoms with E-state index in [0.29, 0.717) is 27.4 Å². The van der Waals surface area contributed by atoms with E-state index in [1.165, 1.54) is 16.8 Å². The van der Waals surface area contributed by atoms with Gasteiger partial charge in [-0.1, -0.05) is 41.4 Å². The molecule has 2 N–H and O–H groups in total. The molecule has 1 fully saturated rings. The van der Waals surface area contributed by atoms with Crippen molar-refractivity contribution in [1.29, 1.82) is 0 Å². The van der Waals surface area contributed by atoms with Gasteiger partial charge in [-0.25, -0.2) is 31.0 Å². The summed E-state index contributed by atoms with van der Waals surface area (Å²) in [4.78, 5) is 17.9. The highest BCUT2D eigenvalue weighted by Crippen LogP contribution is 2.71. The number of carbonyl (C=O) groups excluding carboxylic acids is 1. The van der Waals surface area contributed by atoms with Crippen LogP contribution in [0.25, 0.3) is 22.0 Å². The number of aryl methyl sites for hydroxylation is 1. The molecule has 3 heterocycles. The Bertz CT molecular complexity index is 2450. The molecule has 0 bridgehead atoms. The lowest BCUT2D eigenvalue weighted by atomic mass is 9.89. The van der Waals surface area contributed by atoms with E-state index in [1.807, 2.05) is 0 Å². The monoisotopic (exact) mass is 797 g/mol. The Morgan fingerprint density at radius 1 is 1.04 bits per heavy atom.